The normalized spacial score (nSPS) is 11.1. The molecule has 0 nitrogen and oxygen atoms in total. The molecule has 0 fully saturated rings. The average molecular weight is 303 g/mol. The maximum atomic E-state index is 2.58. The van der Waals surface area contributed by atoms with Gasteiger partial charge in [0.1, 0.15) is 0 Å². The maximum Gasteiger partial charge on any atom is -0.0276 e. The highest BCUT2D eigenvalue weighted by Gasteiger charge is 2.10. The van der Waals surface area contributed by atoms with E-state index < -0.39 is 0 Å². The summed E-state index contributed by atoms with van der Waals surface area (Å²) >= 11 is 0. The number of hydrogen-bond acceptors (Lipinski definition) is 0. The summed E-state index contributed by atoms with van der Waals surface area (Å²) in [6, 6.07) is 5.17. The third kappa shape index (κ3) is 6.55. The monoisotopic (exact) mass is 302 g/mol. The zero-order valence-electron chi connectivity index (χ0n) is 15.6. The molecule has 0 aliphatic rings. The van der Waals surface area contributed by atoms with Crippen molar-refractivity contribution in [2.75, 3.05) is 0 Å². The Morgan fingerprint density at radius 2 is 0.682 bits per heavy atom. The van der Waals surface area contributed by atoms with Crippen molar-refractivity contribution in [3.05, 3.63) is 34.4 Å². The lowest BCUT2D eigenvalue weighted by Crippen LogP contribution is -2.03. The Hall–Kier alpha value is -0.780. The molecule has 0 aliphatic heterocycles. The van der Waals surface area contributed by atoms with E-state index in [2.05, 4.69) is 39.8 Å². The fourth-order valence-corrected chi connectivity index (χ4v) is 3.19. The van der Waals surface area contributed by atoms with Gasteiger partial charge in [-0.15, -0.1) is 0 Å². The van der Waals surface area contributed by atoms with Crippen LogP contribution in [0, 0.1) is 0 Å². The number of hydrogen-bond donors (Lipinski definition) is 0. The fourth-order valence-electron chi connectivity index (χ4n) is 3.19. The Balaban J connectivity index is 3.04. The third-order valence-electron chi connectivity index (χ3n) is 4.72. The molecule has 0 spiro atoms. The van der Waals surface area contributed by atoms with E-state index in [1.807, 2.05) is 0 Å². The average Bonchev–Trinajstić information content (AvgIpc) is 2.55. The molecule has 0 amide bonds. The quantitative estimate of drug-likeness (QED) is 0.388. The Labute approximate surface area is 139 Å². The SMILES string of the molecule is CCCCc1cc(CCCC)c(CCCC)cc1CCCC. The van der Waals surface area contributed by atoms with Crippen LogP contribution in [0.25, 0.3) is 0 Å². The minimum Gasteiger partial charge on any atom is -0.0654 e. The molecule has 0 N–H and O–H groups in total. The van der Waals surface area contributed by atoms with Gasteiger partial charge in [-0.1, -0.05) is 65.5 Å². The molecule has 0 heterocycles. The molecular weight excluding hydrogens is 264 g/mol. The Kier molecular flexibility index (Phi) is 10.3. The first-order valence-electron chi connectivity index (χ1n) is 9.90. The lowest BCUT2D eigenvalue weighted by atomic mass is 9.89. The second-order valence-electron chi connectivity index (χ2n) is 6.80. The summed E-state index contributed by atoms with van der Waals surface area (Å²) in [6.45, 7) is 9.22. The highest BCUT2D eigenvalue weighted by Crippen LogP contribution is 2.24. The topological polar surface area (TPSA) is 0 Å². The second kappa shape index (κ2) is 11.7. The summed E-state index contributed by atoms with van der Waals surface area (Å²) in [4.78, 5) is 0. The fraction of sp³-hybridized carbons (Fsp3) is 0.727. The van der Waals surface area contributed by atoms with Gasteiger partial charge in [0.2, 0.25) is 0 Å². The van der Waals surface area contributed by atoms with Crippen molar-refractivity contribution in [1.82, 2.24) is 0 Å². The van der Waals surface area contributed by atoms with Gasteiger partial charge in [-0.2, -0.15) is 0 Å². The van der Waals surface area contributed by atoms with E-state index in [-0.39, 0.29) is 0 Å². The number of rotatable bonds is 12. The van der Waals surface area contributed by atoms with Gasteiger partial charge in [0, 0.05) is 0 Å². The summed E-state index contributed by atoms with van der Waals surface area (Å²) in [5.74, 6) is 0. The van der Waals surface area contributed by atoms with Crippen LogP contribution in [0.4, 0.5) is 0 Å². The van der Waals surface area contributed by atoms with Crippen molar-refractivity contribution in [2.45, 2.75) is 105 Å². The third-order valence-corrected chi connectivity index (χ3v) is 4.72. The Bertz CT molecular complexity index is 328. The van der Waals surface area contributed by atoms with Gasteiger partial charge in [0.25, 0.3) is 0 Å². The molecule has 1 rings (SSSR count). The molecule has 22 heavy (non-hydrogen) atoms. The van der Waals surface area contributed by atoms with E-state index in [9.17, 15) is 0 Å². The van der Waals surface area contributed by atoms with Crippen LogP contribution in [0.1, 0.15) is 101 Å². The zero-order valence-corrected chi connectivity index (χ0v) is 15.6. The Morgan fingerprint density at radius 3 is 0.864 bits per heavy atom. The highest BCUT2D eigenvalue weighted by atomic mass is 14.1. The maximum absolute atomic E-state index is 2.58. The van der Waals surface area contributed by atoms with E-state index >= 15 is 0 Å². The van der Waals surface area contributed by atoms with Crippen LogP contribution in [0.15, 0.2) is 12.1 Å². The predicted molar refractivity (Wildman–Crippen MR) is 101 cm³/mol. The van der Waals surface area contributed by atoms with Gasteiger partial charge in [0.15, 0.2) is 0 Å². The lowest BCUT2D eigenvalue weighted by Gasteiger charge is -2.17. The number of benzene rings is 1. The van der Waals surface area contributed by atoms with Crippen LogP contribution < -0.4 is 0 Å². The highest BCUT2D eigenvalue weighted by molar-refractivity contribution is 5.39. The standard InChI is InChI=1S/C22H38/c1-5-9-13-19-17-21(15-11-7-3)22(16-12-8-4)18-20(19)14-10-6-2/h17-18H,5-16H2,1-4H3. The van der Waals surface area contributed by atoms with E-state index in [1.165, 1.54) is 77.0 Å². The molecule has 0 aliphatic carbocycles. The summed E-state index contributed by atoms with van der Waals surface area (Å²) in [5.41, 5.74) is 6.62. The van der Waals surface area contributed by atoms with Gasteiger partial charge in [-0.05, 0) is 73.6 Å². The second-order valence-corrected chi connectivity index (χ2v) is 6.80. The minimum absolute atomic E-state index is 1.28. The molecule has 0 aromatic heterocycles. The van der Waals surface area contributed by atoms with Crippen molar-refractivity contribution in [3.8, 4) is 0 Å². The van der Waals surface area contributed by atoms with Crippen molar-refractivity contribution in [2.24, 2.45) is 0 Å². The minimum atomic E-state index is 1.28. The molecule has 0 saturated heterocycles. The van der Waals surface area contributed by atoms with Gasteiger partial charge >= 0.3 is 0 Å². The molecule has 1 aromatic rings. The summed E-state index contributed by atoms with van der Waals surface area (Å²) in [5, 5.41) is 0. The molecule has 0 heteroatoms. The molecule has 0 bridgehead atoms. The lowest BCUT2D eigenvalue weighted by molar-refractivity contribution is 0.734. The van der Waals surface area contributed by atoms with Crippen molar-refractivity contribution in [3.63, 3.8) is 0 Å². The van der Waals surface area contributed by atoms with Crippen LogP contribution in [-0.2, 0) is 25.7 Å². The Morgan fingerprint density at radius 1 is 0.455 bits per heavy atom. The number of aryl methyl sites for hydroxylation is 4. The molecule has 0 saturated carbocycles. The molecule has 0 atom stereocenters. The summed E-state index contributed by atoms with van der Waals surface area (Å²) in [6.07, 6.45) is 15.7. The van der Waals surface area contributed by atoms with Gasteiger partial charge in [-0.25, -0.2) is 0 Å². The molecule has 126 valence electrons. The summed E-state index contributed by atoms with van der Waals surface area (Å²) < 4.78 is 0. The molecule has 0 unspecified atom stereocenters. The van der Waals surface area contributed by atoms with Gasteiger partial charge in [0.05, 0.1) is 0 Å². The van der Waals surface area contributed by atoms with Crippen LogP contribution >= 0.6 is 0 Å². The van der Waals surface area contributed by atoms with E-state index in [1.54, 1.807) is 22.3 Å². The van der Waals surface area contributed by atoms with E-state index in [0.29, 0.717) is 0 Å². The van der Waals surface area contributed by atoms with Crippen molar-refractivity contribution >= 4 is 0 Å². The first-order chi connectivity index (χ1) is 10.8. The van der Waals surface area contributed by atoms with E-state index in [4.69, 9.17) is 0 Å². The van der Waals surface area contributed by atoms with E-state index in [0.717, 1.165) is 0 Å². The first-order valence-corrected chi connectivity index (χ1v) is 9.90. The molecular formula is C22H38. The van der Waals surface area contributed by atoms with Gasteiger partial charge < -0.3 is 0 Å². The largest absolute Gasteiger partial charge is 0.0654 e. The van der Waals surface area contributed by atoms with Crippen LogP contribution in [0.2, 0.25) is 0 Å². The predicted octanol–water partition coefficient (Wildman–Crippen LogP) is 7.06. The van der Waals surface area contributed by atoms with Gasteiger partial charge in [-0.3, -0.25) is 0 Å². The smallest absolute Gasteiger partial charge is 0.0276 e. The van der Waals surface area contributed by atoms with Crippen LogP contribution in [-0.4, -0.2) is 0 Å². The van der Waals surface area contributed by atoms with Crippen molar-refractivity contribution < 1.29 is 0 Å². The number of unbranched alkanes of at least 4 members (excludes halogenated alkanes) is 4. The van der Waals surface area contributed by atoms with Crippen molar-refractivity contribution in [1.29, 1.82) is 0 Å². The van der Waals surface area contributed by atoms with Crippen LogP contribution in [0.5, 0.6) is 0 Å². The summed E-state index contributed by atoms with van der Waals surface area (Å²) in [7, 11) is 0. The molecule has 0 radical (unpaired) electrons. The zero-order chi connectivity index (χ0) is 16.2. The molecule has 1 aromatic carbocycles. The van der Waals surface area contributed by atoms with Crippen LogP contribution in [0.3, 0.4) is 0 Å². The first kappa shape index (κ1) is 19.3.